The minimum Gasteiger partial charge on any atom is -0.397 e. The number of nitrogens with two attached hydrogens (primary N) is 1. The lowest BCUT2D eigenvalue weighted by molar-refractivity contribution is 0.173. The van der Waals surface area contributed by atoms with Gasteiger partial charge in [0.2, 0.25) is 0 Å². The number of nitrogens with one attached hydrogen (secondary N) is 1. The van der Waals surface area contributed by atoms with Crippen molar-refractivity contribution in [2.75, 3.05) is 17.7 Å². The number of nitrogen functional groups attached to an aromatic ring is 1. The number of hydrogen-bond donors (Lipinski definition) is 3. The third kappa shape index (κ3) is 2.72. The molecule has 94 valence electrons. The van der Waals surface area contributed by atoms with Crippen LogP contribution in [-0.2, 0) is 0 Å². The van der Waals surface area contributed by atoms with E-state index in [2.05, 4.69) is 5.32 Å². The highest BCUT2D eigenvalue weighted by Gasteiger charge is 2.31. The summed E-state index contributed by atoms with van der Waals surface area (Å²) in [6, 6.07) is 6.03. The lowest BCUT2D eigenvalue weighted by atomic mass is 9.82. The van der Waals surface area contributed by atoms with Crippen LogP contribution in [0.25, 0.3) is 0 Å². The van der Waals surface area contributed by atoms with Crippen LogP contribution in [0.3, 0.4) is 0 Å². The van der Waals surface area contributed by atoms with Crippen molar-refractivity contribution in [3.05, 3.63) is 23.8 Å². The molecule has 0 aliphatic heterocycles. The van der Waals surface area contributed by atoms with Crippen LogP contribution in [0, 0.1) is 6.92 Å². The Labute approximate surface area is 103 Å². The van der Waals surface area contributed by atoms with Crippen LogP contribution in [0.5, 0.6) is 0 Å². The van der Waals surface area contributed by atoms with E-state index in [0.717, 1.165) is 29.8 Å². The fourth-order valence-electron chi connectivity index (χ4n) is 2.63. The molecule has 1 fully saturated rings. The van der Waals surface area contributed by atoms with Crippen molar-refractivity contribution in [2.24, 2.45) is 0 Å². The van der Waals surface area contributed by atoms with Crippen molar-refractivity contribution in [3.63, 3.8) is 0 Å². The molecule has 0 atom stereocenters. The summed E-state index contributed by atoms with van der Waals surface area (Å²) < 4.78 is 0. The van der Waals surface area contributed by atoms with Crippen LogP contribution in [-0.4, -0.2) is 17.3 Å². The molecule has 0 radical (unpaired) electrons. The maximum absolute atomic E-state index is 9.65. The Morgan fingerprint density at radius 2 is 2.00 bits per heavy atom. The number of aliphatic hydroxyl groups excluding tert-OH is 1. The number of aryl methyl sites for hydroxylation is 1. The summed E-state index contributed by atoms with van der Waals surface area (Å²) in [6.07, 6.45) is 5.68. The Hall–Kier alpha value is -1.22. The van der Waals surface area contributed by atoms with Crippen LogP contribution < -0.4 is 11.1 Å². The van der Waals surface area contributed by atoms with Gasteiger partial charge in [-0.2, -0.15) is 0 Å². The van der Waals surface area contributed by atoms with Gasteiger partial charge in [-0.1, -0.05) is 25.3 Å². The molecular formula is C14H22N2O. The van der Waals surface area contributed by atoms with Gasteiger partial charge in [-0.05, 0) is 37.5 Å². The number of aliphatic hydroxyl groups is 1. The summed E-state index contributed by atoms with van der Waals surface area (Å²) in [7, 11) is 0. The molecule has 0 spiro atoms. The molecule has 3 nitrogen and oxygen atoms in total. The first kappa shape index (κ1) is 12.2. The molecule has 0 aromatic heterocycles. The molecule has 4 N–H and O–H groups in total. The molecule has 0 amide bonds. The molecule has 1 aromatic carbocycles. The number of hydrogen-bond acceptors (Lipinski definition) is 3. The number of benzene rings is 1. The zero-order chi connectivity index (χ0) is 12.3. The topological polar surface area (TPSA) is 58.3 Å². The van der Waals surface area contributed by atoms with Gasteiger partial charge in [-0.25, -0.2) is 0 Å². The van der Waals surface area contributed by atoms with Gasteiger partial charge in [-0.15, -0.1) is 0 Å². The van der Waals surface area contributed by atoms with E-state index in [9.17, 15) is 5.11 Å². The van der Waals surface area contributed by atoms with Gasteiger partial charge in [0.15, 0.2) is 0 Å². The first-order valence-corrected chi connectivity index (χ1v) is 6.40. The molecule has 1 aliphatic carbocycles. The van der Waals surface area contributed by atoms with Gasteiger partial charge in [0.1, 0.15) is 0 Å². The molecule has 1 aliphatic rings. The van der Waals surface area contributed by atoms with Crippen LogP contribution in [0.4, 0.5) is 11.4 Å². The normalized spacial score (nSPS) is 18.9. The van der Waals surface area contributed by atoms with E-state index < -0.39 is 0 Å². The highest BCUT2D eigenvalue weighted by Crippen LogP contribution is 2.33. The molecule has 1 aromatic rings. The Bertz CT molecular complexity index is 384. The van der Waals surface area contributed by atoms with Crippen molar-refractivity contribution in [2.45, 2.75) is 44.6 Å². The highest BCUT2D eigenvalue weighted by atomic mass is 16.3. The summed E-state index contributed by atoms with van der Waals surface area (Å²) in [5.74, 6) is 0. The summed E-state index contributed by atoms with van der Waals surface area (Å²) in [4.78, 5) is 0. The van der Waals surface area contributed by atoms with Crippen molar-refractivity contribution in [1.82, 2.24) is 0 Å². The average Bonchev–Trinajstić information content (AvgIpc) is 2.34. The minimum absolute atomic E-state index is 0.165. The zero-order valence-electron chi connectivity index (χ0n) is 10.5. The van der Waals surface area contributed by atoms with Crippen molar-refractivity contribution in [1.29, 1.82) is 0 Å². The second-order valence-electron chi connectivity index (χ2n) is 5.21. The molecule has 3 heteroatoms. The molecule has 0 unspecified atom stereocenters. The Balaban J connectivity index is 2.17. The van der Waals surface area contributed by atoms with Crippen LogP contribution in [0.2, 0.25) is 0 Å². The van der Waals surface area contributed by atoms with E-state index in [4.69, 9.17) is 5.73 Å². The largest absolute Gasteiger partial charge is 0.397 e. The molecular weight excluding hydrogens is 212 g/mol. The van der Waals surface area contributed by atoms with Gasteiger partial charge in [0.25, 0.3) is 0 Å². The Morgan fingerprint density at radius 3 is 2.59 bits per heavy atom. The van der Waals surface area contributed by atoms with Crippen LogP contribution in [0.1, 0.15) is 37.7 Å². The van der Waals surface area contributed by atoms with Crippen molar-refractivity contribution < 1.29 is 5.11 Å². The van der Waals surface area contributed by atoms with Crippen molar-refractivity contribution in [3.8, 4) is 0 Å². The molecule has 0 bridgehead atoms. The number of anilines is 2. The monoisotopic (exact) mass is 234 g/mol. The zero-order valence-corrected chi connectivity index (χ0v) is 10.5. The van der Waals surface area contributed by atoms with Gasteiger partial charge < -0.3 is 16.2 Å². The van der Waals surface area contributed by atoms with E-state index in [-0.39, 0.29) is 12.1 Å². The van der Waals surface area contributed by atoms with Crippen molar-refractivity contribution >= 4 is 11.4 Å². The molecule has 1 saturated carbocycles. The SMILES string of the molecule is Cc1ccc(NC2(CO)CCCCC2)c(N)c1. The maximum atomic E-state index is 9.65. The van der Waals surface area contributed by atoms with E-state index in [1.54, 1.807) is 0 Å². The van der Waals surface area contributed by atoms with E-state index >= 15 is 0 Å². The standard InChI is InChI=1S/C14H22N2O/c1-11-5-6-13(12(15)9-11)16-14(10-17)7-3-2-4-8-14/h5-6,9,16-17H,2-4,7-8,10,15H2,1H3. The smallest absolute Gasteiger partial charge is 0.0661 e. The summed E-state index contributed by atoms with van der Waals surface area (Å²) in [5.41, 5.74) is 8.72. The van der Waals surface area contributed by atoms with E-state index in [0.29, 0.717) is 0 Å². The van der Waals surface area contributed by atoms with Gasteiger partial charge in [0, 0.05) is 0 Å². The van der Waals surface area contributed by atoms with Gasteiger partial charge in [0.05, 0.1) is 23.5 Å². The predicted molar refractivity (Wildman–Crippen MR) is 72.1 cm³/mol. The first-order valence-electron chi connectivity index (χ1n) is 6.40. The van der Waals surface area contributed by atoms with E-state index in [1.807, 2.05) is 25.1 Å². The minimum atomic E-state index is -0.165. The maximum Gasteiger partial charge on any atom is 0.0661 e. The fraction of sp³-hybridized carbons (Fsp3) is 0.571. The average molecular weight is 234 g/mol. The lowest BCUT2D eigenvalue weighted by Gasteiger charge is -2.37. The van der Waals surface area contributed by atoms with Crippen LogP contribution >= 0.6 is 0 Å². The first-order chi connectivity index (χ1) is 8.15. The van der Waals surface area contributed by atoms with Gasteiger partial charge in [-0.3, -0.25) is 0 Å². The third-order valence-corrected chi connectivity index (χ3v) is 3.72. The van der Waals surface area contributed by atoms with Gasteiger partial charge >= 0.3 is 0 Å². The molecule has 0 heterocycles. The number of rotatable bonds is 3. The molecule has 0 saturated heterocycles. The molecule has 2 rings (SSSR count). The molecule has 17 heavy (non-hydrogen) atoms. The quantitative estimate of drug-likeness (QED) is 0.705. The second-order valence-corrected chi connectivity index (χ2v) is 5.21. The Morgan fingerprint density at radius 1 is 1.29 bits per heavy atom. The fourth-order valence-corrected chi connectivity index (χ4v) is 2.63. The predicted octanol–water partition coefficient (Wildman–Crippen LogP) is 2.68. The Kier molecular flexibility index (Phi) is 3.57. The second kappa shape index (κ2) is 4.96. The third-order valence-electron chi connectivity index (χ3n) is 3.72. The summed E-state index contributed by atoms with van der Waals surface area (Å²) in [6.45, 7) is 2.21. The van der Waals surface area contributed by atoms with Crippen LogP contribution in [0.15, 0.2) is 18.2 Å². The highest BCUT2D eigenvalue weighted by molar-refractivity contribution is 5.67. The lowest BCUT2D eigenvalue weighted by Crippen LogP contribution is -2.44. The summed E-state index contributed by atoms with van der Waals surface area (Å²) in [5, 5.41) is 13.1. The summed E-state index contributed by atoms with van der Waals surface area (Å²) >= 11 is 0. The van der Waals surface area contributed by atoms with E-state index in [1.165, 1.54) is 19.3 Å².